The second kappa shape index (κ2) is 8.01. The number of likely N-dealkylation sites (tertiary alicyclic amines) is 1. The second-order valence-corrected chi connectivity index (χ2v) is 4.52. The molecule has 1 rings (SSSR count). The van der Waals surface area contributed by atoms with E-state index in [0.29, 0.717) is 19.3 Å². The van der Waals surface area contributed by atoms with Crippen molar-refractivity contribution in [1.82, 2.24) is 10.4 Å². The van der Waals surface area contributed by atoms with Crippen molar-refractivity contribution < 1.29 is 9.57 Å². The molecule has 1 saturated heterocycles. The normalized spacial score (nSPS) is 21.2. The van der Waals surface area contributed by atoms with Crippen LogP contribution in [0.2, 0.25) is 0 Å². The Balaban J connectivity index is 2.10. The summed E-state index contributed by atoms with van der Waals surface area (Å²) in [5, 5.41) is 0. The van der Waals surface area contributed by atoms with Crippen LogP contribution >= 0.6 is 0 Å². The lowest BCUT2D eigenvalue weighted by Crippen LogP contribution is -2.42. The summed E-state index contributed by atoms with van der Waals surface area (Å²) in [5.41, 5.74) is 3.12. The third-order valence-electron chi connectivity index (χ3n) is 3.45. The van der Waals surface area contributed by atoms with Crippen LogP contribution in [-0.4, -0.2) is 50.9 Å². The van der Waals surface area contributed by atoms with E-state index >= 15 is 0 Å². The molecule has 0 amide bonds. The first-order chi connectivity index (χ1) is 7.77. The number of hydroxylamine groups is 1. The molecule has 1 atom stereocenters. The van der Waals surface area contributed by atoms with Crippen molar-refractivity contribution >= 4 is 0 Å². The summed E-state index contributed by atoms with van der Waals surface area (Å²) < 4.78 is 4.93. The van der Waals surface area contributed by atoms with Crippen LogP contribution in [0.3, 0.4) is 0 Å². The van der Waals surface area contributed by atoms with Gasteiger partial charge in [-0.05, 0) is 45.3 Å². The first kappa shape index (κ1) is 13.9. The van der Waals surface area contributed by atoms with E-state index < -0.39 is 0 Å². The topological polar surface area (TPSA) is 33.7 Å². The molecular formula is C12H26N2O2. The van der Waals surface area contributed by atoms with E-state index in [1.54, 1.807) is 7.11 Å². The fraction of sp³-hybridized carbons (Fsp3) is 1.00. The standard InChI is InChI=1S/C12H26N2O2/c1-4-14-7-5-12(6-8-14)11(2)13-16-10-9-15-3/h11-13H,4-10H2,1-3H3. The van der Waals surface area contributed by atoms with Gasteiger partial charge in [-0.2, -0.15) is 5.48 Å². The van der Waals surface area contributed by atoms with Gasteiger partial charge < -0.3 is 9.64 Å². The highest BCUT2D eigenvalue weighted by molar-refractivity contribution is 4.77. The number of ether oxygens (including phenoxy) is 1. The molecule has 1 heterocycles. The molecule has 0 aliphatic carbocycles. The number of hydrogen-bond acceptors (Lipinski definition) is 4. The highest BCUT2D eigenvalue weighted by Crippen LogP contribution is 2.20. The molecule has 1 fully saturated rings. The van der Waals surface area contributed by atoms with Gasteiger partial charge >= 0.3 is 0 Å². The highest BCUT2D eigenvalue weighted by atomic mass is 16.7. The Labute approximate surface area is 99.2 Å². The zero-order valence-corrected chi connectivity index (χ0v) is 10.9. The monoisotopic (exact) mass is 230 g/mol. The Morgan fingerprint density at radius 2 is 2.00 bits per heavy atom. The van der Waals surface area contributed by atoms with E-state index in [-0.39, 0.29) is 0 Å². The molecule has 4 nitrogen and oxygen atoms in total. The van der Waals surface area contributed by atoms with Crippen molar-refractivity contribution in [3.63, 3.8) is 0 Å². The summed E-state index contributed by atoms with van der Waals surface area (Å²) in [6.07, 6.45) is 2.55. The van der Waals surface area contributed by atoms with Crippen LogP contribution in [0.25, 0.3) is 0 Å². The van der Waals surface area contributed by atoms with Crippen LogP contribution in [0.1, 0.15) is 26.7 Å². The molecule has 0 aromatic carbocycles. The third-order valence-corrected chi connectivity index (χ3v) is 3.45. The van der Waals surface area contributed by atoms with E-state index in [1.165, 1.54) is 32.5 Å². The Morgan fingerprint density at radius 3 is 2.56 bits per heavy atom. The van der Waals surface area contributed by atoms with Crippen molar-refractivity contribution in [1.29, 1.82) is 0 Å². The second-order valence-electron chi connectivity index (χ2n) is 4.52. The first-order valence-electron chi connectivity index (χ1n) is 6.36. The molecule has 1 aliphatic heterocycles. The van der Waals surface area contributed by atoms with Crippen LogP contribution in [0.5, 0.6) is 0 Å². The maximum atomic E-state index is 5.35. The van der Waals surface area contributed by atoms with Crippen LogP contribution < -0.4 is 5.48 Å². The average molecular weight is 230 g/mol. The molecule has 1 aliphatic rings. The molecule has 0 spiro atoms. The number of piperidine rings is 1. The van der Waals surface area contributed by atoms with Crippen molar-refractivity contribution in [3.05, 3.63) is 0 Å². The van der Waals surface area contributed by atoms with E-state index in [4.69, 9.17) is 9.57 Å². The maximum Gasteiger partial charge on any atom is 0.0915 e. The summed E-state index contributed by atoms with van der Waals surface area (Å²) in [5.74, 6) is 0.741. The molecule has 0 bridgehead atoms. The van der Waals surface area contributed by atoms with Gasteiger partial charge in [0, 0.05) is 13.2 Å². The van der Waals surface area contributed by atoms with Gasteiger partial charge in [0.2, 0.25) is 0 Å². The predicted octanol–water partition coefficient (Wildman–Crippen LogP) is 1.27. The largest absolute Gasteiger partial charge is 0.382 e. The minimum atomic E-state index is 0.441. The molecule has 16 heavy (non-hydrogen) atoms. The SMILES string of the molecule is CCN1CCC(C(C)NOCCOC)CC1. The average Bonchev–Trinajstić information content (AvgIpc) is 2.34. The molecule has 0 aromatic rings. The summed E-state index contributed by atoms with van der Waals surface area (Å²) in [6.45, 7) is 9.34. The molecular weight excluding hydrogens is 204 g/mol. The molecule has 1 unspecified atom stereocenters. The molecule has 0 saturated carbocycles. The minimum absolute atomic E-state index is 0.441. The van der Waals surface area contributed by atoms with E-state index in [2.05, 4.69) is 24.2 Å². The van der Waals surface area contributed by atoms with Gasteiger partial charge in [-0.1, -0.05) is 6.92 Å². The van der Waals surface area contributed by atoms with E-state index in [1.807, 2.05) is 0 Å². The van der Waals surface area contributed by atoms with Crippen molar-refractivity contribution in [2.45, 2.75) is 32.7 Å². The number of nitrogens with one attached hydrogen (secondary N) is 1. The van der Waals surface area contributed by atoms with Crippen molar-refractivity contribution in [3.8, 4) is 0 Å². The molecule has 1 N–H and O–H groups in total. The van der Waals surface area contributed by atoms with Crippen molar-refractivity contribution in [2.24, 2.45) is 5.92 Å². The lowest BCUT2D eigenvalue weighted by Gasteiger charge is -2.34. The maximum absolute atomic E-state index is 5.35. The molecule has 4 heteroatoms. The van der Waals surface area contributed by atoms with Gasteiger partial charge in [-0.15, -0.1) is 0 Å². The first-order valence-corrected chi connectivity index (χ1v) is 6.36. The van der Waals surface area contributed by atoms with Gasteiger partial charge in [0.1, 0.15) is 0 Å². The molecule has 0 radical (unpaired) electrons. The number of rotatable bonds is 7. The zero-order valence-electron chi connectivity index (χ0n) is 10.9. The lowest BCUT2D eigenvalue weighted by molar-refractivity contribution is -0.0250. The van der Waals surface area contributed by atoms with Crippen LogP contribution in [0.4, 0.5) is 0 Å². The quantitative estimate of drug-likeness (QED) is 0.527. The fourth-order valence-corrected chi connectivity index (χ4v) is 2.18. The number of methoxy groups -OCH3 is 1. The summed E-state index contributed by atoms with van der Waals surface area (Å²) in [6, 6.07) is 0.441. The lowest BCUT2D eigenvalue weighted by atomic mass is 9.91. The summed E-state index contributed by atoms with van der Waals surface area (Å²) in [7, 11) is 1.69. The minimum Gasteiger partial charge on any atom is -0.382 e. The van der Waals surface area contributed by atoms with Gasteiger partial charge in [0.05, 0.1) is 13.2 Å². The van der Waals surface area contributed by atoms with E-state index in [9.17, 15) is 0 Å². The molecule has 0 aromatic heterocycles. The smallest absolute Gasteiger partial charge is 0.0915 e. The summed E-state index contributed by atoms with van der Waals surface area (Å²) in [4.78, 5) is 7.86. The Kier molecular flexibility index (Phi) is 6.96. The van der Waals surface area contributed by atoms with Crippen LogP contribution in [-0.2, 0) is 9.57 Å². The van der Waals surface area contributed by atoms with Crippen LogP contribution in [0.15, 0.2) is 0 Å². The van der Waals surface area contributed by atoms with Gasteiger partial charge in [0.15, 0.2) is 0 Å². The van der Waals surface area contributed by atoms with Crippen LogP contribution in [0, 0.1) is 5.92 Å². The molecule has 96 valence electrons. The number of hydrogen-bond donors (Lipinski definition) is 1. The summed E-state index contributed by atoms with van der Waals surface area (Å²) >= 11 is 0. The predicted molar refractivity (Wildman–Crippen MR) is 65.3 cm³/mol. The van der Waals surface area contributed by atoms with Crippen molar-refractivity contribution in [2.75, 3.05) is 40.0 Å². The fourth-order valence-electron chi connectivity index (χ4n) is 2.18. The zero-order chi connectivity index (χ0) is 11.8. The van der Waals surface area contributed by atoms with E-state index in [0.717, 1.165) is 5.92 Å². The Morgan fingerprint density at radius 1 is 1.31 bits per heavy atom. The highest BCUT2D eigenvalue weighted by Gasteiger charge is 2.22. The third kappa shape index (κ3) is 4.78. The Bertz CT molecular complexity index is 170. The van der Waals surface area contributed by atoms with Gasteiger partial charge in [-0.3, -0.25) is 4.84 Å². The van der Waals surface area contributed by atoms with Gasteiger partial charge in [-0.25, -0.2) is 0 Å². The Hall–Kier alpha value is -0.160. The number of nitrogens with zero attached hydrogens (tertiary/aromatic N) is 1. The van der Waals surface area contributed by atoms with Gasteiger partial charge in [0.25, 0.3) is 0 Å².